The molecule has 4 amide bonds. The van der Waals surface area contributed by atoms with Gasteiger partial charge >= 0.3 is 0 Å². The molecule has 4 N–H and O–H groups in total. The smallest absolute Gasteiger partial charge is 0.255 e. The molecule has 9 aromatic rings. The van der Waals surface area contributed by atoms with E-state index in [-0.39, 0.29) is 22.9 Å². The van der Waals surface area contributed by atoms with Crippen molar-refractivity contribution < 1.29 is 19.2 Å². The first-order chi connectivity index (χ1) is 33.3. The van der Waals surface area contributed by atoms with Gasteiger partial charge in [0.05, 0.1) is 0 Å². The van der Waals surface area contributed by atoms with Crippen LogP contribution in [0.15, 0.2) is 243 Å². The normalized spacial score (nSPS) is 10.9. The van der Waals surface area contributed by atoms with Crippen molar-refractivity contribution in [2.75, 3.05) is 21.3 Å². The molecule has 0 aliphatic carbocycles. The fourth-order valence-corrected chi connectivity index (χ4v) is 12.4. The minimum atomic E-state index is -0.895. The van der Waals surface area contributed by atoms with Crippen LogP contribution in [-0.4, -0.2) is 23.6 Å². The van der Waals surface area contributed by atoms with Gasteiger partial charge < -0.3 is 21.3 Å². The van der Waals surface area contributed by atoms with Gasteiger partial charge in [0.15, 0.2) is 0 Å². The molecule has 10 heteroatoms. The third-order valence-corrected chi connectivity index (χ3v) is 15.8. The Morgan fingerprint density at radius 3 is 0.765 bits per heavy atom. The van der Waals surface area contributed by atoms with Crippen LogP contribution in [0.3, 0.4) is 0 Å². The van der Waals surface area contributed by atoms with Gasteiger partial charge in [-0.2, -0.15) is 0 Å². The molecule has 9 rings (SSSR count). The maximum absolute atomic E-state index is 13.6. The van der Waals surface area contributed by atoms with E-state index in [0.717, 1.165) is 10.6 Å². The Morgan fingerprint density at radius 1 is 0.235 bits per heavy atom. The number of carbonyl (C=O) groups is 4. The van der Waals surface area contributed by atoms with E-state index in [1.165, 1.54) is 27.3 Å². The summed E-state index contributed by atoms with van der Waals surface area (Å²) in [6.45, 7) is 0. The molecule has 0 bridgehead atoms. The second kappa shape index (κ2) is 21.4. The third-order valence-electron chi connectivity index (χ3n) is 10.9. The summed E-state index contributed by atoms with van der Waals surface area (Å²) in [6, 6.07) is 76.9. The van der Waals surface area contributed by atoms with Crippen molar-refractivity contribution in [3.8, 4) is 0 Å². The molecule has 0 atom stereocenters. The van der Waals surface area contributed by atoms with Gasteiger partial charge in [0.1, 0.15) is 0 Å². The van der Waals surface area contributed by atoms with E-state index in [1.807, 2.05) is 97.1 Å². The van der Waals surface area contributed by atoms with E-state index in [4.69, 9.17) is 0 Å². The van der Waals surface area contributed by atoms with Crippen molar-refractivity contribution in [2.24, 2.45) is 0 Å². The van der Waals surface area contributed by atoms with Crippen LogP contribution >= 0.6 is 15.8 Å². The summed E-state index contributed by atoms with van der Waals surface area (Å²) in [7, 11) is -1.79. The van der Waals surface area contributed by atoms with Gasteiger partial charge in [-0.05, 0) is 127 Å². The van der Waals surface area contributed by atoms with E-state index in [1.54, 1.807) is 78.9 Å². The molecule has 0 aliphatic rings. The molecular formula is C58H44N4O4P2. The lowest BCUT2D eigenvalue weighted by molar-refractivity contribution is 0.101. The Labute approximate surface area is 397 Å². The molecule has 330 valence electrons. The number of carbonyl (C=O) groups excluding carboxylic acids is 4. The van der Waals surface area contributed by atoms with E-state index in [0.29, 0.717) is 33.9 Å². The van der Waals surface area contributed by atoms with Gasteiger partial charge in [0.2, 0.25) is 0 Å². The van der Waals surface area contributed by atoms with Crippen LogP contribution in [-0.2, 0) is 0 Å². The number of hydrogen-bond donors (Lipinski definition) is 4. The van der Waals surface area contributed by atoms with Crippen LogP contribution in [0, 0.1) is 0 Å². The number of anilines is 4. The standard InChI is InChI=1S/C58H44N4O4P2/c63-55(59-45-22-16-24-47(39-45)61-57(65)43-20-14-34-53(37-43)67(49-26-5-1-6-27-49)50-28-7-2-8-29-50)41-18-13-19-42(36-41)56(64)60-46-23-17-25-48(40-46)62-58(66)44-21-15-35-54(38-44)68(51-30-9-3-10-31-51)52-32-11-4-12-33-52/h1-40H,(H,59,63)(H,60,64)(H,61,65)(H,62,66). The highest BCUT2D eigenvalue weighted by molar-refractivity contribution is 7.80. The summed E-state index contributed by atoms with van der Waals surface area (Å²) in [5.41, 5.74) is 3.51. The highest BCUT2D eigenvalue weighted by Crippen LogP contribution is 2.34. The predicted molar refractivity (Wildman–Crippen MR) is 281 cm³/mol. The average Bonchev–Trinajstić information content (AvgIpc) is 3.38. The number of amides is 4. The van der Waals surface area contributed by atoms with Crippen LogP contribution in [0.2, 0.25) is 0 Å². The first-order valence-corrected chi connectivity index (χ1v) is 24.6. The zero-order chi connectivity index (χ0) is 46.7. The van der Waals surface area contributed by atoms with E-state index in [2.05, 4.69) is 81.9 Å². The van der Waals surface area contributed by atoms with Crippen molar-refractivity contribution >= 4 is 94.0 Å². The lowest BCUT2D eigenvalue weighted by atomic mass is 10.1. The molecule has 0 saturated heterocycles. The first kappa shape index (κ1) is 44.9. The minimum absolute atomic E-state index is 0.267. The summed E-state index contributed by atoms with van der Waals surface area (Å²) >= 11 is 0. The largest absolute Gasteiger partial charge is 0.322 e. The first-order valence-electron chi connectivity index (χ1n) is 21.9. The summed E-state index contributed by atoms with van der Waals surface area (Å²) in [6.07, 6.45) is 0. The average molecular weight is 923 g/mol. The summed E-state index contributed by atoms with van der Waals surface area (Å²) < 4.78 is 0. The molecule has 68 heavy (non-hydrogen) atoms. The molecule has 0 aromatic heterocycles. The Kier molecular flexibility index (Phi) is 14.1. The molecular weight excluding hydrogens is 879 g/mol. The van der Waals surface area contributed by atoms with Gasteiger partial charge in [-0.15, -0.1) is 0 Å². The van der Waals surface area contributed by atoms with E-state index in [9.17, 15) is 19.2 Å². The molecule has 0 spiro atoms. The van der Waals surface area contributed by atoms with Gasteiger partial charge in [0.25, 0.3) is 23.6 Å². The molecule has 0 fully saturated rings. The number of hydrogen-bond acceptors (Lipinski definition) is 4. The predicted octanol–water partition coefficient (Wildman–Crippen LogP) is 10.2. The highest BCUT2D eigenvalue weighted by atomic mass is 31.1. The van der Waals surface area contributed by atoms with E-state index < -0.39 is 27.7 Å². The SMILES string of the molecule is O=C(Nc1cccc(NC(=O)c2cccc(P(c3ccccc3)c3ccccc3)c2)c1)c1cccc(C(=O)Nc2cccc(NC(=O)c3cccc(P(c4ccccc4)c4ccccc4)c3)c2)c1. The molecule has 0 heterocycles. The second-order valence-corrected chi connectivity index (χ2v) is 20.1. The van der Waals surface area contributed by atoms with Gasteiger partial charge in [-0.25, -0.2) is 0 Å². The maximum atomic E-state index is 13.6. The number of benzene rings is 9. The molecule has 0 unspecified atom stereocenters. The van der Waals surface area contributed by atoms with Crippen LogP contribution in [0.4, 0.5) is 22.7 Å². The number of rotatable bonds is 14. The zero-order valence-corrected chi connectivity index (χ0v) is 38.4. The van der Waals surface area contributed by atoms with Gasteiger partial charge in [-0.3, -0.25) is 19.2 Å². The minimum Gasteiger partial charge on any atom is -0.322 e. The summed E-state index contributed by atoms with van der Waals surface area (Å²) in [4.78, 5) is 54.4. The highest BCUT2D eigenvalue weighted by Gasteiger charge is 2.20. The Bertz CT molecular complexity index is 2940. The topological polar surface area (TPSA) is 116 Å². The molecule has 0 radical (unpaired) electrons. The van der Waals surface area contributed by atoms with Crippen LogP contribution < -0.4 is 53.1 Å². The zero-order valence-electron chi connectivity index (χ0n) is 36.6. The van der Waals surface area contributed by atoms with E-state index >= 15 is 0 Å². The van der Waals surface area contributed by atoms with Crippen molar-refractivity contribution in [3.05, 3.63) is 265 Å². The summed E-state index contributed by atoms with van der Waals surface area (Å²) in [5, 5.41) is 18.6. The van der Waals surface area contributed by atoms with Crippen LogP contribution in [0.5, 0.6) is 0 Å². The van der Waals surface area contributed by atoms with Crippen LogP contribution in [0.1, 0.15) is 41.4 Å². The van der Waals surface area contributed by atoms with Gasteiger partial charge in [0, 0.05) is 45.0 Å². The lowest BCUT2D eigenvalue weighted by Gasteiger charge is -2.20. The molecule has 0 saturated carbocycles. The fourth-order valence-electron chi connectivity index (χ4n) is 7.74. The molecule has 0 aliphatic heterocycles. The number of nitrogens with one attached hydrogen (secondary N) is 4. The fraction of sp³-hybridized carbons (Fsp3) is 0. The second-order valence-electron chi connectivity index (χ2n) is 15.7. The monoisotopic (exact) mass is 922 g/mol. The van der Waals surface area contributed by atoms with Crippen molar-refractivity contribution in [2.45, 2.75) is 0 Å². The van der Waals surface area contributed by atoms with Crippen LogP contribution in [0.25, 0.3) is 0 Å². The van der Waals surface area contributed by atoms with Crippen molar-refractivity contribution in [1.82, 2.24) is 0 Å². The van der Waals surface area contributed by atoms with Crippen molar-refractivity contribution in [3.63, 3.8) is 0 Å². The molecule has 8 nitrogen and oxygen atoms in total. The summed E-state index contributed by atoms with van der Waals surface area (Å²) in [5.74, 6) is -1.42. The maximum Gasteiger partial charge on any atom is 0.255 e. The van der Waals surface area contributed by atoms with Gasteiger partial charge in [-0.1, -0.05) is 164 Å². The third kappa shape index (κ3) is 11.0. The Balaban J connectivity index is 0.832. The Morgan fingerprint density at radius 2 is 0.471 bits per heavy atom. The molecule has 9 aromatic carbocycles. The Hall–Kier alpha value is -8.28. The quantitative estimate of drug-likeness (QED) is 0.0813. The van der Waals surface area contributed by atoms with Crippen molar-refractivity contribution in [1.29, 1.82) is 0 Å². The lowest BCUT2D eigenvalue weighted by Crippen LogP contribution is -2.22.